The summed E-state index contributed by atoms with van der Waals surface area (Å²) in [5.74, 6) is -0.332. The lowest BCUT2D eigenvalue weighted by atomic mass is 10.0. The van der Waals surface area contributed by atoms with Gasteiger partial charge in [-0.15, -0.1) is 11.8 Å². The Morgan fingerprint density at radius 2 is 2.15 bits per heavy atom. The zero-order valence-electron chi connectivity index (χ0n) is 11.3. The van der Waals surface area contributed by atoms with E-state index < -0.39 is 0 Å². The van der Waals surface area contributed by atoms with Crippen molar-refractivity contribution in [2.24, 2.45) is 5.73 Å². The number of hydrogen-bond acceptors (Lipinski definition) is 4. The van der Waals surface area contributed by atoms with Crippen molar-refractivity contribution in [3.63, 3.8) is 0 Å². The molecule has 1 aromatic carbocycles. The zero-order chi connectivity index (χ0) is 13.9. The normalized spacial score (nSPS) is 26.4. The van der Waals surface area contributed by atoms with E-state index >= 15 is 0 Å². The lowest BCUT2D eigenvalue weighted by Gasteiger charge is -2.38. The van der Waals surface area contributed by atoms with Gasteiger partial charge in [0.15, 0.2) is 0 Å². The zero-order valence-corrected chi connectivity index (χ0v) is 12.1. The Hall–Kier alpha value is -1.46. The molecule has 0 saturated carbocycles. The van der Waals surface area contributed by atoms with Crippen molar-refractivity contribution in [2.75, 3.05) is 13.1 Å². The van der Waals surface area contributed by atoms with E-state index in [2.05, 4.69) is 22.3 Å². The van der Waals surface area contributed by atoms with Crippen molar-refractivity contribution in [2.45, 2.75) is 24.3 Å². The molecule has 1 amide bonds. The Balaban J connectivity index is 1.89. The molecule has 0 spiro atoms. The predicted molar refractivity (Wildman–Crippen MR) is 81.8 cm³/mol. The molecular formula is C15H19N3OS. The molecule has 106 valence electrons. The van der Waals surface area contributed by atoms with E-state index in [1.165, 1.54) is 5.56 Å². The number of piperidine rings is 1. The summed E-state index contributed by atoms with van der Waals surface area (Å²) >= 11 is 1.67. The highest BCUT2D eigenvalue weighted by atomic mass is 32.2. The number of nitrogens with one attached hydrogen (secondary N) is 1. The van der Waals surface area contributed by atoms with Crippen LogP contribution in [0.3, 0.4) is 0 Å². The van der Waals surface area contributed by atoms with Crippen LogP contribution in [-0.4, -0.2) is 29.9 Å². The van der Waals surface area contributed by atoms with Crippen molar-refractivity contribution in [1.29, 1.82) is 0 Å². The van der Waals surface area contributed by atoms with Crippen LogP contribution in [0.1, 0.15) is 23.8 Å². The molecule has 2 aliphatic heterocycles. The monoisotopic (exact) mass is 289 g/mol. The van der Waals surface area contributed by atoms with Gasteiger partial charge >= 0.3 is 0 Å². The lowest BCUT2D eigenvalue weighted by Crippen LogP contribution is -2.47. The molecule has 4 nitrogen and oxygen atoms in total. The molecule has 0 aliphatic carbocycles. The average molecular weight is 289 g/mol. The first kappa shape index (κ1) is 13.5. The number of nitrogens with two attached hydrogens (primary N) is 1. The van der Waals surface area contributed by atoms with Crippen LogP contribution in [0.15, 0.2) is 41.4 Å². The van der Waals surface area contributed by atoms with Gasteiger partial charge in [0.1, 0.15) is 11.1 Å². The van der Waals surface area contributed by atoms with Crippen molar-refractivity contribution in [3.8, 4) is 0 Å². The summed E-state index contributed by atoms with van der Waals surface area (Å²) in [7, 11) is 0. The third kappa shape index (κ3) is 2.55. The molecule has 20 heavy (non-hydrogen) atoms. The topological polar surface area (TPSA) is 58.4 Å². The maximum absolute atomic E-state index is 11.7. The first-order valence-corrected chi connectivity index (χ1v) is 7.91. The molecule has 3 rings (SSSR count). The summed E-state index contributed by atoms with van der Waals surface area (Å²) in [6, 6.07) is 10.6. The number of amides is 1. The minimum atomic E-state index is -0.332. The minimum absolute atomic E-state index is 0.156. The van der Waals surface area contributed by atoms with Crippen LogP contribution in [0.5, 0.6) is 0 Å². The smallest absolute Gasteiger partial charge is 0.265 e. The summed E-state index contributed by atoms with van der Waals surface area (Å²) in [5, 5.41) is 5.48. The van der Waals surface area contributed by atoms with Gasteiger partial charge in [0.25, 0.3) is 5.91 Å². The predicted octanol–water partition coefficient (Wildman–Crippen LogP) is 1.81. The Kier molecular flexibility index (Phi) is 3.98. The largest absolute Gasteiger partial charge is 0.364 e. The quantitative estimate of drug-likeness (QED) is 0.891. The summed E-state index contributed by atoms with van der Waals surface area (Å²) in [6.45, 7) is 1.97. The third-order valence-corrected chi connectivity index (χ3v) is 4.96. The standard InChI is InChI=1S/C15H19N3OS/c16-14(19)13-10-20-15(11-5-2-1-3-6-11)18(13)12-7-4-8-17-9-12/h1-3,5-6,10,12,15,17H,4,7-9H2,(H2,16,19)/t12-,15?/m0/s1. The number of thioether (sulfide) groups is 1. The first-order valence-electron chi connectivity index (χ1n) is 6.97. The lowest BCUT2D eigenvalue weighted by molar-refractivity contribution is -0.116. The summed E-state index contributed by atoms with van der Waals surface area (Å²) in [4.78, 5) is 13.9. The van der Waals surface area contributed by atoms with Crippen LogP contribution in [-0.2, 0) is 4.79 Å². The van der Waals surface area contributed by atoms with Crippen molar-refractivity contribution in [1.82, 2.24) is 10.2 Å². The maximum atomic E-state index is 11.7. The molecular weight excluding hydrogens is 270 g/mol. The summed E-state index contributed by atoms with van der Waals surface area (Å²) < 4.78 is 0. The molecule has 1 unspecified atom stereocenters. The fourth-order valence-electron chi connectivity index (χ4n) is 2.88. The van der Waals surface area contributed by atoms with Gasteiger partial charge in [-0.25, -0.2) is 0 Å². The van der Waals surface area contributed by atoms with E-state index in [1.54, 1.807) is 11.8 Å². The van der Waals surface area contributed by atoms with Gasteiger partial charge < -0.3 is 16.0 Å². The summed E-state index contributed by atoms with van der Waals surface area (Å²) in [5.41, 5.74) is 7.42. The van der Waals surface area contributed by atoms with Gasteiger partial charge in [-0.3, -0.25) is 4.79 Å². The van der Waals surface area contributed by atoms with Crippen LogP contribution in [0, 0.1) is 0 Å². The second-order valence-corrected chi connectivity index (χ2v) is 6.13. The van der Waals surface area contributed by atoms with E-state index in [0.717, 1.165) is 25.9 Å². The molecule has 2 atom stereocenters. The number of benzene rings is 1. The van der Waals surface area contributed by atoms with Crippen LogP contribution in [0.2, 0.25) is 0 Å². The molecule has 5 heteroatoms. The highest BCUT2D eigenvalue weighted by molar-refractivity contribution is 8.02. The highest BCUT2D eigenvalue weighted by Gasteiger charge is 2.36. The number of rotatable bonds is 3. The van der Waals surface area contributed by atoms with E-state index in [9.17, 15) is 4.79 Å². The van der Waals surface area contributed by atoms with Crippen molar-refractivity contribution in [3.05, 3.63) is 47.0 Å². The second-order valence-electron chi connectivity index (χ2n) is 5.17. The molecule has 0 radical (unpaired) electrons. The molecule has 1 aromatic rings. The summed E-state index contributed by atoms with van der Waals surface area (Å²) in [6.07, 6.45) is 2.24. The van der Waals surface area contributed by atoms with Crippen LogP contribution < -0.4 is 11.1 Å². The van der Waals surface area contributed by atoms with Crippen LogP contribution in [0.4, 0.5) is 0 Å². The Bertz CT molecular complexity index is 511. The number of nitrogens with zero attached hydrogens (tertiary/aromatic N) is 1. The fourth-order valence-corrected chi connectivity index (χ4v) is 4.11. The molecule has 0 aromatic heterocycles. The van der Waals surface area contributed by atoms with Crippen LogP contribution in [0.25, 0.3) is 0 Å². The van der Waals surface area contributed by atoms with Gasteiger partial charge in [0.2, 0.25) is 0 Å². The number of carbonyl (C=O) groups is 1. The Labute approximate surface area is 123 Å². The minimum Gasteiger partial charge on any atom is -0.364 e. The van der Waals surface area contributed by atoms with E-state index in [4.69, 9.17) is 5.73 Å². The van der Waals surface area contributed by atoms with E-state index in [1.807, 2.05) is 23.6 Å². The Morgan fingerprint density at radius 3 is 2.80 bits per heavy atom. The van der Waals surface area contributed by atoms with Gasteiger partial charge in [0.05, 0.1) is 0 Å². The van der Waals surface area contributed by atoms with Crippen molar-refractivity contribution < 1.29 is 4.79 Å². The van der Waals surface area contributed by atoms with Crippen molar-refractivity contribution >= 4 is 17.7 Å². The maximum Gasteiger partial charge on any atom is 0.265 e. The molecule has 1 saturated heterocycles. The van der Waals surface area contributed by atoms with Gasteiger partial charge in [0, 0.05) is 18.0 Å². The molecule has 2 heterocycles. The van der Waals surface area contributed by atoms with E-state index in [0.29, 0.717) is 11.7 Å². The van der Waals surface area contributed by atoms with Gasteiger partial charge in [-0.05, 0) is 24.9 Å². The fraction of sp³-hybridized carbons (Fsp3) is 0.400. The van der Waals surface area contributed by atoms with Crippen LogP contribution >= 0.6 is 11.8 Å². The highest BCUT2D eigenvalue weighted by Crippen LogP contribution is 2.44. The number of primary amides is 1. The molecule has 1 fully saturated rings. The van der Waals surface area contributed by atoms with Gasteiger partial charge in [-0.1, -0.05) is 30.3 Å². The molecule has 3 N–H and O–H groups in total. The molecule has 2 aliphatic rings. The van der Waals surface area contributed by atoms with E-state index in [-0.39, 0.29) is 11.3 Å². The number of hydrogen-bond donors (Lipinski definition) is 2. The van der Waals surface area contributed by atoms with Gasteiger partial charge in [-0.2, -0.15) is 0 Å². The average Bonchev–Trinajstić information content (AvgIpc) is 2.94. The SMILES string of the molecule is NC(=O)C1=CSC(c2ccccc2)N1[C@H]1CCCNC1. The Morgan fingerprint density at radius 1 is 1.35 bits per heavy atom. The number of carbonyl (C=O) groups excluding carboxylic acids is 1. The second kappa shape index (κ2) is 5.89. The third-order valence-electron chi connectivity index (χ3n) is 3.84. The first-order chi connectivity index (χ1) is 9.77. The molecule has 0 bridgehead atoms.